The maximum Gasteiger partial charge on any atom is 0.227 e. The monoisotopic (exact) mass is 304 g/mol. The van der Waals surface area contributed by atoms with E-state index in [9.17, 15) is 0 Å². The molecule has 0 aliphatic heterocycles. The number of nitrogens with zero attached hydrogens (tertiary/aromatic N) is 2. The normalized spacial score (nSPS) is 11.2. The van der Waals surface area contributed by atoms with Crippen LogP contribution in [0.1, 0.15) is 56.2 Å². The highest BCUT2D eigenvalue weighted by atomic mass is 35.5. The number of hydrogen-bond donors (Lipinski definition) is 0. The average molecular weight is 305 g/mol. The molecule has 2 rings (SSSR count). The Bertz CT molecular complexity index is 639. The van der Waals surface area contributed by atoms with Crippen molar-refractivity contribution in [3.05, 3.63) is 46.4 Å². The summed E-state index contributed by atoms with van der Waals surface area (Å²) in [6.45, 7) is 10.5. The van der Waals surface area contributed by atoms with E-state index < -0.39 is 0 Å². The van der Waals surface area contributed by atoms with Gasteiger partial charge in [-0.25, -0.2) is 9.97 Å². The minimum Gasteiger partial charge on any atom is -0.438 e. The molecule has 1 aromatic carbocycles. The first-order valence-corrected chi connectivity index (χ1v) is 7.56. The van der Waals surface area contributed by atoms with Crippen LogP contribution in [0.4, 0.5) is 0 Å². The van der Waals surface area contributed by atoms with Gasteiger partial charge in [-0.2, -0.15) is 0 Å². The van der Waals surface area contributed by atoms with Gasteiger partial charge in [-0.05, 0) is 36.0 Å². The number of aryl methyl sites for hydroxylation is 1. The number of hydrogen-bond acceptors (Lipinski definition) is 3. The van der Waals surface area contributed by atoms with Gasteiger partial charge in [-0.3, -0.25) is 0 Å². The van der Waals surface area contributed by atoms with Crippen molar-refractivity contribution in [3.63, 3.8) is 0 Å². The zero-order valence-corrected chi connectivity index (χ0v) is 13.9. The summed E-state index contributed by atoms with van der Waals surface area (Å²) in [5.74, 6) is 2.00. The van der Waals surface area contributed by atoms with Crippen molar-refractivity contribution < 1.29 is 4.74 Å². The van der Waals surface area contributed by atoms with E-state index in [2.05, 4.69) is 55.9 Å². The predicted molar refractivity (Wildman–Crippen MR) is 86.5 cm³/mol. The fraction of sp³-hybridized carbons (Fsp3) is 0.412. The van der Waals surface area contributed by atoms with Crippen molar-refractivity contribution in [2.45, 2.75) is 46.5 Å². The first-order chi connectivity index (χ1) is 9.90. The molecule has 0 bridgehead atoms. The first-order valence-electron chi connectivity index (χ1n) is 7.19. The first kappa shape index (κ1) is 15.8. The summed E-state index contributed by atoms with van der Waals surface area (Å²) in [4.78, 5) is 8.30. The van der Waals surface area contributed by atoms with Crippen LogP contribution in [0, 0.1) is 6.92 Å². The third kappa shape index (κ3) is 3.53. The fourth-order valence-corrected chi connectivity index (χ4v) is 2.46. The van der Waals surface area contributed by atoms with E-state index in [4.69, 9.17) is 16.3 Å². The van der Waals surface area contributed by atoms with Gasteiger partial charge in [0, 0.05) is 0 Å². The molecular weight excluding hydrogens is 284 g/mol. The van der Waals surface area contributed by atoms with Crippen LogP contribution in [0.3, 0.4) is 0 Å². The molecule has 0 amide bonds. The summed E-state index contributed by atoms with van der Waals surface area (Å²) in [5.41, 5.74) is 3.15. The topological polar surface area (TPSA) is 35.0 Å². The summed E-state index contributed by atoms with van der Waals surface area (Å²) < 4.78 is 6.04. The summed E-state index contributed by atoms with van der Waals surface area (Å²) in [5, 5.41) is 0.452. The molecule has 3 nitrogen and oxygen atoms in total. The second kappa shape index (κ2) is 6.44. The van der Waals surface area contributed by atoms with Crippen LogP contribution in [-0.4, -0.2) is 9.97 Å². The third-order valence-electron chi connectivity index (χ3n) is 3.46. The van der Waals surface area contributed by atoms with E-state index in [0.717, 1.165) is 16.9 Å². The van der Waals surface area contributed by atoms with Crippen molar-refractivity contribution in [1.29, 1.82) is 0 Å². The molecule has 0 atom stereocenters. The lowest BCUT2D eigenvalue weighted by Gasteiger charge is -2.16. The molecule has 0 aliphatic carbocycles. The highest BCUT2D eigenvalue weighted by Crippen LogP contribution is 2.34. The molecular formula is C17H21ClN2O. The van der Waals surface area contributed by atoms with E-state index in [1.54, 1.807) is 0 Å². The molecule has 1 heterocycles. The van der Waals surface area contributed by atoms with Crippen molar-refractivity contribution in [3.8, 4) is 11.6 Å². The van der Waals surface area contributed by atoms with Gasteiger partial charge in [-0.15, -0.1) is 0 Å². The Kier molecular flexibility index (Phi) is 4.84. The quantitative estimate of drug-likeness (QED) is 0.702. The zero-order valence-electron chi connectivity index (χ0n) is 13.1. The van der Waals surface area contributed by atoms with Gasteiger partial charge >= 0.3 is 0 Å². The molecule has 0 aliphatic rings. The lowest BCUT2D eigenvalue weighted by molar-refractivity contribution is 0.447. The molecule has 0 saturated carbocycles. The smallest absolute Gasteiger partial charge is 0.227 e. The predicted octanol–water partition coefficient (Wildman–Crippen LogP) is 5.48. The van der Waals surface area contributed by atoms with Gasteiger partial charge in [0.15, 0.2) is 0 Å². The Balaban J connectivity index is 2.43. The van der Waals surface area contributed by atoms with Crippen LogP contribution in [0.2, 0.25) is 5.15 Å². The van der Waals surface area contributed by atoms with Gasteiger partial charge in [0.05, 0.1) is 5.56 Å². The number of benzene rings is 1. The highest BCUT2D eigenvalue weighted by molar-refractivity contribution is 6.30. The van der Waals surface area contributed by atoms with Gasteiger partial charge in [0.1, 0.15) is 17.2 Å². The lowest BCUT2D eigenvalue weighted by Crippen LogP contribution is -2.01. The van der Waals surface area contributed by atoms with Crippen molar-refractivity contribution in [2.75, 3.05) is 0 Å². The summed E-state index contributed by atoms with van der Waals surface area (Å²) in [6.07, 6.45) is 1.44. The minimum absolute atomic E-state index is 0.197. The fourth-order valence-electron chi connectivity index (χ4n) is 2.12. The Morgan fingerprint density at radius 2 is 1.76 bits per heavy atom. The SMILES string of the molecule is Cc1ccc(C(C)C)cc1Oc1ncnc(Cl)c1C(C)C. The number of halogens is 1. The van der Waals surface area contributed by atoms with Gasteiger partial charge in [-0.1, -0.05) is 51.4 Å². The van der Waals surface area contributed by atoms with E-state index in [0.29, 0.717) is 17.0 Å². The van der Waals surface area contributed by atoms with E-state index >= 15 is 0 Å². The molecule has 0 fully saturated rings. The van der Waals surface area contributed by atoms with E-state index in [1.165, 1.54) is 11.9 Å². The standard InChI is InChI=1S/C17H21ClN2O/c1-10(2)13-7-6-12(5)14(8-13)21-17-15(11(3)4)16(18)19-9-20-17/h6-11H,1-5H3. The van der Waals surface area contributed by atoms with Gasteiger partial charge in [0.25, 0.3) is 0 Å². The highest BCUT2D eigenvalue weighted by Gasteiger charge is 2.16. The van der Waals surface area contributed by atoms with Gasteiger partial charge in [0.2, 0.25) is 5.88 Å². The van der Waals surface area contributed by atoms with Crippen molar-refractivity contribution in [2.24, 2.45) is 0 Å². The van der Waals surface area contributed by atoms with Crippen LogP contribution >= 0.6 is 11.6 Å². The second-order valence-electron chi connectivity index (χ2n) is 5.82. The van der Waals surface area contributed by atoms with Crippen LogP contribution in [-0.2, 0) is 0 Å². The molecule has 0 N–H and O–H groups in total. The number of ether oxygens (including phenoxy) is 1. The Labute approximate surface area is 131 Å². The molecule has 0 saturated heterocycles. The maximum absolute atomic E-state index is 6.18. The van der Waals surface area contributed by atoms with Crippen LogP contribution in [0.5, 0.6) is 11.6 Å². The van der Waals surface area contributed by atoms with Crippen LogP contribution in [0.15, 0.2) is 24.5 Å². The summed E-state index contributed by atoms with van der Waals surface area (Å²) in [7, 11) is 0. The summed E-state index contributed by atoms with van der Waals surface area (Å²) in [6, 6.07) is 6.27. The Hall–Kier alpha value is -1.61. The molecule has 0 spiro atoms. The Morgan fingerprint density at radius 3 is 2.38 bits per heavy atom. The molecule has 21 heavy (non-hydrogen) atoms. The average Bonchev–Trinajstić information content (AvgIpc) is 2.40. The Morgan fingerprint density at radius 1 is 1.05 bits per heavy atom. The van der Waals surface area contributed by atoms with E-state index in [-0.39, 0.29) is 5.92 Å². The molecule has 112 valence electrons. The molecule has 0 unspecified atom stereocenters. The minimum atomic E-state index is 0.197. The molecule has 1 aromatic heterocycles. The van der Waals surface area contributed by atoms with Gasteiger partial charge < -0.3 is 4.74 Å². The lowest BCUT2D eigenvalue weighted by atomic mass is 10.0. The zero-order chi connectivity index (χ0) is 15.6. The second-order valence-corrected chi connectivity index (χ2v) is 6.18. The van der Waals surface area contributed by atoms with Crippen LogP contribution in [0.25, 0.3) is 0 Å². The number of rotatable bonds is 4. The maximum atomic E-state index is 6.18. The summed E-state index contributed by atoms with van der Waals surface area (Å²) >= 11 is 6.18. The van der Waals surface area contributed by atoms with Crippen molar-refractivity contribution in [1.82, 2.24) is 9.97 Å². The largest absolute Gasteiger partial charge is 0.438 e. The molecule has 2 aromatic rings. The van der Waals surface area contributed by atoms with E-state index in [1.807, 2.05) is 6.92 Å². The number of aromatic nitrogens is 2. The molecule has 0 radical (unpaired) electrons. The van der Waals surface area contributed by atoms with Crippen molar-refractivity contribution >= 4 is 11.6 Å². The third-order valence-corrected chi connectivity index (χ3v) is 3.76. The van der Waals surface area contributed by atoms with Crippen LogP contribution < -0.4 is 4.74 Å². The molecule has 4 heteroatoms.